The Hall–Kier alpha value is -7.42. The molecule has 3 fully saturated rings. The van der Waals surface area contributed by atoms with Crippen LogP contribution in [0.1, 0.15) is 93.6 Å². The maximum atomic E-state index is 14.0. The number of aryl methyl sites for hydroxylation is 1. The highest BCUT2D eigenvalue weighted by Crippen LogP contribution is 2.41. The number of imide groups is 2. The number of hydrogen-bond acceptors (Lipinski definition) is 12. The molecule has 4 atom stereocenters. The Morgan fingerprint density at radius 1 is 0.899 bits per heavy atom. The number of aliphatic hydroxyl groups excluding tert-OH is 1. The number of amides is 5. The molecule has 2 saturated heterocycles. The molecule has 8 heterocycles. The van der Waals surface area contributed by atoms with E-state index in [1.165, 1.54) is 15.8 Å². The standard InChI is InChI=1S/C52H52N10O7/c1-29-26-58(41-21-31(41)7-5-30-6-9-36-37(19-30)49(67)62(48(36)66)40-10-12-45(64)56-47(40)65)15-16-59(29)34-8-11-44(54-25-34)55-39-20-33(27-57(4)50(39)68)35-13-14-53-46(38(35)28-63)61-18-17-60-42(51(61)69)22-32-23-52(2,3)24-43(32)60/h6,8-9,11,13-14,19-20,22,25,27,29,31,40-41,63H,10,12,15-18,21,23-24,26,28H2,1-4H3,(H,54,55)(H,56,64,65)/t29-,31+,40?,41+/m0/s1. The minimum Gasteiger partial charge on any atom is -0.392 e. The van der Waals surface area contributed by atoms with Crippen molar-refractivity contribution in [1.29, 1.82) is 0 Å². The smallest absolute Gasteiger partial charge is 0.276 e. The SMILES string of the molecule is C[C@H]1CN([C@@H]2C[C@H]2C#Cc2ccc3c(c2)C(=O)N(C2CCC(=O)NC2=O)C3=O)CCN1c1ccc(Nc2cc(-c3ccnc(N4CCn5c(cc6c5CC(C)(C)C6)C4=O)c3CO)cn(C)c2=O)nc1. The van der Waals surface area contributed by atoms with E-state index in [1.54, 1.807) is 54.7 Å². The fourth-order valence-corrected chi connectivity index (χ4v) is 11.1. The molecule has 352 valence electrons. The van der Waals surface area contributed by atoms with Crippen LogP contribution >= 0.6 is 0 Å². The van der Waals surface area contributed by atoms with Crippen LogP contribution in [0.25, 0.3) is 11.1 Å². The molecule has 0 radical (unpaired) electrons. The Morgan fingerprint density at radius 3 is 2.49 bits per heavy atom. The molecule has 5 aromatic rings. The third kappa shape index (κ3) is 7.77. The molecule has 5 amide bonds. The van der Waals surface area contributed by atoms with Crippen molar-refractivity contribution in [3.05, 3.63) is 117 Å². The van der Waals surface area contributed by atoms with Gasteiger partial charge in [0.1, 0.15) is 29.1 Å². The summed E-state index contributed by atoms with van der Waals surface area (Å²) >= 11 is 0. The molecule has 11 rings (SSSR count). The van der Waals surface area contributed by atoms with Crippen LogP contribution in [0, 0.1) is 23.2 Å². The summed E-state index contributed by atoms with van der Waals surface area (Å²) in [7, 11) is 1.68. The highest BCUT2D eigenvalue weighted by molar-refractivity contribution is 6.23. The summed E-state index contributed by atoms with van der Waals surface area (Å²) < 4.78 is 3.64. The Balaban J connectivity index is 0.727. The fraction of sp³-hybridized carbons (Fsp3) is 0.385. The van der Waals surface area contributed by atoms with E-state index in [4.69, 9.17) is 4.98 Å². The summed E-state index contributed by atoms with van der Waals surface area (Å²) in [5.41, 5.74) is 7.22. The number of anilines is 4. The average Bonchev–Trinajstić information content (AvgIpc) is 3.86. The zero-order valence-electron chi connectivity index (χ0n) is 38.9. The molecule has 69 heavy (non-hydrogen) atoms. The molecule has 1 aromatic carbocycles. The van der Waals surface area contributed by atoms with Crippen molar-refractivity contribution in [1.82, 2.24) is 34.2 Å². The molecule has 1 saturated carbocycles. The van der Waals surface area contributed by atoms with Crippen molar-refractivity contribution in [3.63, 3.8) is 0 Å². The maximum absolute atomic E-state index is 14.0. The number of piperidine rings is 1. The molecule has 17 nitrogen and oxygen atoms in total. The second kappa shape index (κ2) is 16.7. The van der Waals surface area contributed by atoms with Gasteiger partial charge < -0.3 is 24.5 Å². The lowest BCUT2D eigenvalue weighted by Gasteiger charge is -2.41. The number of rotatable bonds is 8. The first-order chi connectivity index (χ1) is 33.2. The summed E-state index contributed by atoms with van der Waals surface area (Å²) in [4.78, 5) is 94.7. The zero-order chi connectivity index (χ0) is 48.0. The van der Waals surface area contributed by atoms with E-state index in [0.717, 1.165) is 49.5 Å². The van der Waals surface area contributed by atoms with Gasteiger partial charge in [-0.05, 0) is 97.7 Å². The van der Waals surface area contributed by atoms with Gasteiger partial charge in [0, 0.05) is 99.0 Å². The predicted octanol–water partition coefficient (Wildman–Crippen LogP) is 4.02. The van der Waals surface area contributed by atoms with Crippen LogP contribution in [0.15, 0.2) is 71.9 Å². The highest BCUT2D eigenvalue weighted by Gasteiger charge is 2.46. The Labute approximate surface area is 398 Å². The molecule has 0 spiro atoms. The van der Waals surface area contributed by atoms with Crippen molar-refractivity contribution in [2.24, 2.45) is 18.4 Å². The number of pyridine rings is 3. The number of carbonyl (C=O) groups excluding carboxylic acids is 5. The lowest BCUT2D eigenvalue weighted by atomic mass is 9.90. The van der Waals surface area contributed by atoms with Gasteiger partial charge in [0.05, 0.1) is 29.6 Å². The third-order valence-corrected chi connectivity index (χ3v) is 14.6. The number of nitrogens with zero attached hydrogens (tertiary/aromatic N) is 8. The van der Waals surface area contributed by atoms with Gasteiger partial charge in [0.15, 0.2) is 0 Å². The van der Waals surface area contributed by atoms with Gasteiger partial charge in [-0.3, -0.25) is 48.8 Å². The molecule has 1 unspecified atom stereocenters. The van der Waals surface area contributed by atoms with E-state index in [0.29, 0.717) is 64.4 Å². The lowest BCUT2D eigenvalue weighted by molar-refractivity contribution is -0.136. The third-order valence-electron chi connectivity index (χ3n) is 14.6. The normalized spacial score (nSPS) is 22.8. The summed E-state index contributed by atoms with van der Waals surface area (Å²) in [6.45, 7) is 9.88. The van der Waals surface area contributed by atoms with Crippen LogP contribution in [0.2, 0.25) is 0 Å². The van der Waals surface area contributed by atoms with Crippen LogP contribution in [-0.4, -0.2) is 108 Å². The minimum absolute atomic E-state index is 0.0633. The van der Waals surface area contributed by atoms with Crippen LogP contribution < -0.4 is 26.0 Å². The molecule has 2 aliphatic carbocycles. The zero-order valence-corrected chi connectivity index (χ0v) is 38.9. The fourth-order valence-electron chi connectivity index (χ4n) is 11.1. The van der Waals surface area contributed by atoms with E-state index in [-0.39, 0.29) is 59.4 Å². The van der Waals surface area contributed by atoms with Crippen molar-refractivity contribution in [2.45, 2.75) is 84.2 Å². The summed E-state index contributed by atoms with van der Waals surface area (Å²) in [6, 6.07) is 13.8. The molecular weight excluding hydrogens is 877 g/mol. The Kier molecular flexibility index (Phi) is 10.7. The topological polar surface area (TPSA) is 195 Å². The number of hydrogen-bond donors (Lipinski definition) is 3. The number of carbonyl (C=O) groups is 5. The van der Waals surface area contributed by atoms with Crippen molar-refractivity contribution >= 4 is 52.5 Å². The first-order valence-electron chi connectivity index (χ1n) is 23.6. The molecule has 3 N–H and O–H groups in total. The molecular formula is C52H52N10O7. The van der Waals surface area contributed by atoms with E-state index in [2.05, 4.69) is 62.6 Å². The van der Waals surface area contributed by atoms with E-state index >= 15 is 0 Å². The van der Waals surface area contributed by atoms with E-state index < -0.39 is 29.7 Å². The van der Waals surface area contributed by atoms with Gasteiger partial charge in [-0.2, -0.15) is 0 Å². The quantitative estimate of drug-likeness (QED) is 0.150. The molecule has 6 aliphatic rings. The Morgan fingerprint density at radius 2 is 1.72 bits per heavy atom. The van der Waals surface area contributed by atoms with Gasteiger partial charge in [0.25, 0.3) is 23.3 Å². The van der Waals surface area contributed by atoms with Gasteiger partial charge in [0.2, 0.25) is 11.8 Å². The van der Waals surface area contributed by atoms with Crippen LogP contribution in [0.3, 0.4) is 0 Å². The number of nitrogens with one attached hydrogen (secondary N) is 2. The first kappa shape index (κ1) is 44.1. The summed E-state index contributed by atoms with van der Waals surface area (Å²) in [5.74, 6) is 5.38. The molecule has 4 aliphatic heterocycles. The lowest BCUT2D eigenvalue weighted by Crippen LogP contribution is -2.54. The van der Waals surface area contributed by atoms with Gasteiger partial charge in [-0.15, -0.1) is 0 Å². The molecule has 0 bridgehead atoms. The Bertz CT molecular complexity index is 3160. The van der Waals surface area contributed by atoms with Crippen molar-refractivity contribution in [3.8, 4) is 23.0 Å². The van der Waals surface area contributed by atoms with Crippen LogP contribution in [0.4, 0.5) is 23.0 Å². The number of fused-ring (bicyclic) bond motifs is 4. The van der Waals surface area contributed by atoms with Crippen LogP contribution in [0.5, 0.6) is 0 Å². The van der Waals surface area contributed by atoms with E-state index in [1.807, 2.05) is 24.4 Å². The molecule has 4 aromatic heterocycles. The van der Waals surface area contributed by atoms with Gasteiger partial charge in [-0.25, -0.2) is 9.97 Å². The summed E-state index contributed by atoms with van der Waals surface area (Å²) in [6.07, 6.45) is 8.14. The number of benzene rings is 1. The van der Waals surface area contributed by atoms with Crippen LogP contribution in [-0.2, 0) is 42.6 Å². The second-order valence-corrected chi connectivity index (χ2v) is 20.0. The average molecular weight is 929 g/mol. The van der Waals surface area contributed by atoms with Crippen molar-refractivity contribution < 1.29 is 29.1 Å². The largest absolute Gasteiger partial charge is 0.392 e. The van der Waals surface area contributed by atoms with Gasteiger partial charge in [-0.1, -0.05) is 25.7 Å². The maximum Gasteiger partial charge on any atom is 0.276 e. The minimum atomic E-state index is -1.01. The first-order valence-corrected chi connectivity index (χ1v) is 23.6. The number of aromatic nitrogens is 4. The van der Waals surface area contributed by atoms with Crippen molar-refractivity contribution in [2.75, 3.05) is 41.3 Å². The molecule has 17 heteroatoms. The highest BCUT2D eigenvalue weighted by atomic mass is 16.3. The number of piperazine rings is 1. The monoisotopic (exact) mass is 928 g/mol. The predicted molar refractivity (Wildman–Crippen MR) is 256 cm³/mol. The summed E-state index contributed by atoms with van der Waals surface area (Å²) in [5, 5.41) is 16.2. The van der Waals surface area contributed by atoms with E-state index in [9.17, 15) is 33.9 Å². The van der Waals surface area contributed by atoms with Gasteiger partial charge >= 0.3 is 0 Å². The number of aliphatic hydroxyl groups is 1. The second-order valence-electron chi connectivity index (χ2n) is 20.0.